The van der Waals surface area contributed by atoms with Gasteiger partial charge >= 0.3 is 5.97 Å². The van der Waals surface area contributed by atoms with E-state index in [1.165, 1.54) is 0 Å². The van der Waals surface area contributed by atoms with Gasteiger partial charge in [0.25, 0.3) is 8.32 Å². The molecule has 1 aromatic carbocycles. The zero-order chi connectivity index (χ0) is 17.3. The van der Waals surface area contributed by atoms with E-state index in [1.807, 2.05) is 24.3 Å². The highest BCUT2D eigenvalue weighted by Crippen LogP contribution is 2.39. The molecule has 0 aliphatic heterocycles. The maximum absolute atomic E-state index is 10.8. The number of carbonyl (C=O) groups is 1. The topological polar surface area (TPSA) is 59.4 Å². The van der Waals surface area contributed by atoms with Crippen LogP contribution in [0.5, 0.6) is 5.75 Å². The minimum absolute atomic E-state index is 0.0932. The highest BCUT2D eigenvalue weighted by molar-refractivity contribution is 6.74. The molecule has 0 fully saturated rings. The molecule has 2 rings (SSSR count). The van der Waals surface area contributed by atoms with E-state index in [0.717, 1.165) is 28.3 Å². The molecular formula is C18H23NO3Si. The first-order chi connectivity index (χ1) is 10.6. The number of nitrogens with zero attached hydrogens (tertiary/aromatic N) is 1. The first kappa shape index (κ1) is 17.2. The summed E-state index contributed by atoms with van der Waals surface area (Å²) in [6.45, 7) is 11.0. The molecule has 0 bridgehead atoms. The molecule has 0 unspecified atom stereocenters. The summed E-state index contributed by atoms with van der Waals surface area (Å²) in [4.78, 5) is 15.2. The van der Waals surface area contributed by atoms with E-state index >= 15 is 0 Å². The molecule has 0 saturated carbocycles. The Morgan fingerprint density at radius 2 is 1.96 bits per heavy atom. The van der Waals surface area contributed by atoms with Crippen LogP contribution in [-0.2, 0) is 4.79 Å². The average molecular weight is 329 g/mol. The van der Waals surface area contributed by atoms with Crippen molar-refractivity contribution in [1.82, 2.24) is 4.98 Å². The molecule has 1 aromatic heterocycles. The minimum atomic E-state index is -1.97. The first-order valence-corrected chi connectivity index (χ1v) is 10.5. The Bertz CT molecular complexity index is 760. The van der Waals surface area contributed by atoms with Crippen molar-refractivity contribution in [3.63, 3.8) is 0 Å². The number of hydrogen-bond acceptors (Lipinski definition) is 3. The number of pyridine rings is 1. The van der Waals surface area contributed by atoms with Crippen LogP contribution in [0.25, 0.3) is 17.0 Å². The van der Waals surface area contributed by atoms with E-state index in [0.29, 0.717) is 0 Å². The maximum Gasteiger partial charge on any atom is 0.328 e. The molecule has 0 aliphatic rings. The van der Waals surface area contributed by atoms with Crippen molar-refractivity contribution < 1.29 is 14.3 Å². The maximum atomic E-state index is 10.8. The molecule has 0 spiro atoms. The molecular weight excluding hydrogens is 306 g/mol. The monoisotopic (exact) mass is 329 g/mol. The van der Waals surface area contributed by atoms with Crippen molar-refractivity contribution in [3.05, 3.63) is 42.1 Å². The average Bonchev–Trinajstić information content (AvgIpc) is 2.45. The smallest absolute Gasteiger partial charge is 0.328 e. The van der Waals surface area contributed by atoms with Gasteiger partial charge in [0.1, 0.15) is 11.3 Å². The Labute approximate surface area is 138 Å². The molecule has 122 valence electrons. The van der Waals surface area contributed by atoms with Crippen LogP contribution in [0.1, 0.15) is 26.3 Å². The van der Waals surface area contributed by atoms with Gasteiger partial charge in [-0.3, -0.25) is 4.98 Å². The quantitative estimate of drug-likeness (QED) is 0.651. The Kier molecular flexibility index (Phi) is 4.61. The minimum Gasteiger partial charge on any atom is -0.542 e. The summed E-state index contributed by atoms with van der Waals surface area (Å²) < 4.78 is 6.40. The van der Waals surface area contributed by atoms with Gasteiger partial charge in [0.15, 0.2) is 0 Å². The van der Waals surface area contributed by atoms with Crippen LogP contribution < -0.4 is 4.43 Å². The molecule has 1 N–H and O–H groups in total. The second kappa shape index (κ2) is 6.16. The normalized spacial score (nSPS) is 12.7. The summed E-state index contributed by atoms with van der Waals surface area (Å²) in [5, 5.41) is 9.81. The Morgan fingerprint density at radius 3 is 2.57 bits per heavy atom. The van der Waals surface area contributed by atoms with Gasteiger partial charge in [0.2, 0.25) is 0 Å². The summed E-state index contributed by atoms with van der Waals surface area (Å²) >= 11 is 0. The highest BCUT2D eigenvalue weighted by atomic mass is 28.4. The molecule has 1 heterocycles. The van der Waals surface area contributed by atoms with Gasteiger partial charge in [0.05, 0.1) is 0 Å². The van der Waals surface area contributed by atoms with Crippen molar-refractivity contribution in [3.8, 4) is 5.75 Å². The third-order valence-electron chi connectivity index (χ3n) is 4.34. The van der Waals surface area contributed by atoms with Crippen LogP contribution in [0.4, 0.5) is 0 Å². The molecule has 0 saturated heterocycles. The van der Waals surface area contributed by atoms with Crippen LogP contribution in [0.15, 0.2) is 36.5 Å². The number of carboxylic acids is 1. The van der Waals surface area contributed by atoms with Gasteiger partial charge in [0, 0.05) is 17.7 Å². The van der Waals surface area contributed by atoms with E-state index < -0.39 is 14.3 Å². The van der Waals surface area contributed by atoms with Gasteiger partial charge in [-0.2, -0.15) is 0 Å². The second-order valence-electron chi connectivity index (χ2n) is 7.09. The van der Waals surface area contributed by atoms with E-state index in [4.69, 9.17) is 9.53 Å². The third-order valence-corrected chi connectivity index (χ3v) is 8.69. The lowest BCUT2D eigenvalue weighted by molar-refractivity contribution is -0.131. The van der Waals surface area contributed by atoms with Crippen molar-refractivity contribution in [2.75, 3.05) is 0 Å². The summed E-state index contributed by atoms with van der Waals surface area (Å²) in [6.07, 6.45) is 4.45. The Hall–Kier alpha value is -2.14. The number of aliphatic carboxylic acids is 1. The number of rotatable bonds is 4. The summed E-state index contributed by atoms with van der Waals surface area (Å²) in [5.74, 6) is -0.205. The number of hydrogen-bond donors (Lipinski definition) is 1. The van der Waals surface area contributed by atoms with Gasteiger partial charge in [-0.05, 0) is 41.9 Å². The number of fused-ring (bicyclic) bond motifs is 1. The Balaban J connectivity index is 2.52. The fourth-order valence-electron chi connectivity index (χ4n) is 1.99. The van der Waals surface area contributed by atoms with Gasteiger partial charge in [-0.15, -0.1) is 0 Å². The Morgan fingerprint density at radius 1 is 1.26 bits per heavy atom. The second-order valence-corrected chi connectivity index (χ2v) is 11.8. The van der Waals surface area contributed by atoms with Crippen LogP contribution in [0.3, 0.4) is 0 Å². The van der Waals surface area contributed by atoms with Crippen LogP contribution in [0.2, 0.25) is 18.1 Å². The molecule has 0 radical (unpaired) electrons. The predicted molar refractivity (Wildman–Crippen MR) is 96.2 cm³/mol. The van der Waals surface area contributed by atoms with Crippen molar-refractivity contribution in [2.45, 2.75) is 38.9 Å². The molecule has 0 atom stereocenters. The summed E-state index contributed by atoms with van der Waals surface area (Å²) in [6, 6.07) is 7.54. The largest absolute Gasteiger partial charge is 0.542 e. The zero-order valence-corrected chi connectivity index (χ0v) is 15.3. The standard InChI is InChI=1S/C18H23NO3Si/c1-18(2,3)23(4,5)22-15-10-8-13(9-11-16(20)21)14-7-6-12-19-17(14)15/h6-12H,1-5H3,(H,20,21)/b11-9+. The summed E-state index contributed by atoms with van der Waals surface area (Å²) in [5.41, 5.74) is 1.59. The molecule has 4 nitrogen and oxygen atoms in total. The van der Waals surface area contributed by atoms with Crippen LogP contribution in [-0.4, -0.2) is 24.4 Å². The molecule has 5 heteroatoms. The lowest BCUT2D eigenvalue weighted by Gasteiger charge is -2.36. The molecule has 23 heavy (non-hydrogen) atoms. The van der Waals surface area contributed by atoms with Crippen LogP contribution >= 0.6 is 0 Å². The van der Waals surface area contributed by atoms with Gasteiger partial charge in [-0.1, -0.05) is 32.9 Å². The lowest BCUT2D eigenvalue weighted by Crippen LogP contribution is -2.43. The third kappa shape index (κ3) is 3.79. The first-order valence-electron chi connectivity index (χ1n) is 7.59. The van der Waals surface area contributed by atoms with Gasteiger partial charge in [-0.25, -0.2) is 4.79 Å². The van der Waals surface area contributed by atoms with E-state index in [1.54, 1.807) is 12.3 Å². The SMILES string of the molecule is CC(C)(C)[Si](C)(C)Oc1ccc(/C=C/C(=O)O)c2cccnc12. The summed E-state index contributed by atoms with van der Waals surface area (Å²) in [7, 11) is -1.97. The van der Waals surface area contributed by atoms with Crippen molar-refractivity contribution in [2.24, 2.45) is 0 Å². The number of benzene rings is 1. The zero-order valence-electron chi connectivity index (χ0n) is 14.3. The predicted octanol–water partition coefficient (Wildman–Crippen LogP) is 4.72. The van der Waals surface area contributed by atoms with Crippen molar-refractivity contribution in [1.29, 1.82) is 0 Å². The van der Waals surface area contributed by atoms with E-state index in [-0.39, 0.29) is 5.04 Å². The number of aromatic nitrogens is 1. The van der Waals surface area contributed by atoms with Crippen molar-refractivity contribution >= 4 is 31.3 Å². The van der Waals surface area contributed by atoms with E-state index in [2.05, 4.69) is 38.8 Å². The van der Waals surface area contributed by atoms with Crippen LogP contribution in [0, 0.1) is 0 Å². The van der Waals surface area contributed by atoms with Gasteiger partial charge < -0.3 is 9.53 Å². The fourth-order valence-corrected chi connectivity index (χ4v) is 3.01. The highest BCUT2D eigenvalue weighted by Gasteiger charge is 2.39. The molecule has 2 aromatic rings. The number of carboxylic acid groups (broad SMARTS) is 1. The van der Waals surface area contributed by atoms with E-state index in [9.17, 15) is 4.79 Å². The molecule has 0 aliphatic carbocycles. The fraction of sp³-hybridized carbons (Fsp3) is 0.333. The lowest BCUT2D eigenvalue weighted by atomic mass is 10.1. The molecule has 0 amide bonds.